The molecule has 1 aliphatic heterocycles. The summed E-state index contributed by atoms with van der Waals surface area (Å²) in [5.41, 5.74) is 6.36. The maximum Gasteiger partial charge on any atom is 0.238 e. The summed E-state index contributed by atoms with van der Waals surface area (Å²) in [6.07, 6.45) is -0.504. The van der Waals surface area contributed by atoms with Crippen LogP contribution in [0.5, 0.6) is 0 Å². The number of hydrogen-bond acceptors (Lipinski definition) is 5. The second-order valence-corrected chi connectivity index (χ2v) is 5.45. The molecule has 21 heavy (non-hydrogen) atoms. The van der Waals surface area contributed by atoms with Gasteiger partial charge in [-0.25, -0.2) is 0 Å². The molecular weight excluding hydrogens is 315 g/mol. The summed E-state index contributed by atoms with van der Waals surface area (Å²) in [7, 11) is 0. The van der Waals surface area contributed by atoms with E-state index in [2.05, 4.69) is 5.32 Å². The Hall–Kier alpha value is -1.52. The van der Waals surface area contributed by atoms with Crippen LogP contribution in [0.4, 0.5) is 11.4 Å². The molecule has 1 unspecified atom stereocenters. The van der Waals surface area contributed by atoms with E-state index in [-0.39, 0.29) is 22.5 Å². The Morgan fingerprint density at radius 1 is 1.52 bits per heavy atom. The molecule has 1 heterocycles. The number of nitrogens with two attached hydrogens (primary N) is 1. The molecule has 0 bridgehead atoms. The fourth-order valence-electron chi connectivity index (χ4n) is 2.02. The van der Waals surface area contributed by atoms with Crippen molar-refractivity contribution in [2.75, 3.05) is 37.3 Å². The lowest BCUT2D eigenvalue weighted by Crippen LogP contribution is -2.45. The van der Waals surface area contributed by atoms with Crippen LogP contribution < -0.4 is 11.1 Å². The molecule has 6 nitrogen and oxygen atoms in total. The van der Waals surface area contributed by atoms with Crippen molar-refractivity contribution in [2.24, 2.45) is 0 Å². The van der Waals surface area contributed by atoms with Gasteiger partial charge in [0.2, 0.25) is 5.91 Å². The van der Waals surface area contributed by atoms with E-state index in [0.29, 0.717) is 31.1 Å². The highest BCUT2D eigenvalue weighted by Crippen LogP contribution is 2.32. The summed E-state index contributed by atoms with van der Waals surface area (Å²) in [4.78, 5) is 13.9. The summed E-state index contributed by atoms with van der Waals surface area (Å²) < 4.78 is 5.22. The number of nitrogen functional groups attached to an aromatic ring is 1. The molecule has 0 aliphatic carbocycles. The second kappa shape index (κ2) is 6.96. The lowest BCUT2D eigenvalue weighted by atomic mass is 10.2. The Morgan fingerprint density at radius 2 is 2.19 bits per heavy atom. The van der Waals surface area contributed by atoms with Gasteiger partial charge in [-0.2, -0.15) is 5.26 Å². The van der Waals surface area contributed by atoms with Gasteiger partial charge in [-0.1, -0.05) is 23.2 Å². The monoisotopic (exact) mass is 328 g/mol. The summed E-state index contributed by atoms with van der Waals surface area (Å²) in [6, 6.07) is 5.06. The number of benzene rings is 1. The molecule has 1 aliphatic rings. The van der Waals surface area contributed by atoms with Crippen molar-refractivity contribution < 1.29 is 9.53 Å². The number of amides is 1. The molecule has 112 valence electrons. The minimum Gasteiger partial charge on any atom is -0.399 e. The highest BCUT2D eigenvalue weighted by molar-refractivity contribution is 6.40. The molecule has 3 N–H and O–H groups in total. The highest BCUT2D eigenvalue weighted by Gasteiger charge is 2.22. The van der Waals surface area contributed by atoms with Crippen LogP contribution in [0.3, 0.4) is 0 Å². The summed E-state index contributed by atoms with van der Waals surface area (Å²) in [5, 5.41) is 12.1. The number of nitrogens with one attached hydrogen (secondary N) is 1. The Morgan fingerprint density at radius 3 is 2.81 bits per heavy atom. The number of halogens is 2. The summed E-state index contributed by atoms with van der Waals surface area (Å²) >= 11 is 12.0. The van der Waals surface area contributed by atoms with E-state index in [1.807, 2.05) is 11.0 Å². The van der Waals surface area contributed by atoms with Gasteiger partial charge < -0.3 is 15.8 Å². The standard InChI is InChI=1S/C13H14Cl2N4O2/c14-10-3-8(17)4-11(15)13(10)18-12(20)7-19-1-2-21-9(5-16)6-19/h3-4,9H,1-2,6-7,17H2,(H,18,20). The van der Waals surface area contributed by atoms with E-state index in [1.165, 1.54) is 12.1 Å². The molecular formula is C13H14Cl2N4O2. The number of rotatable bonds is 3. The van der Waals surface area contributed by atoms with Crippen LogP contribution in [0, 0.1) is 11.3 Å². The maximum absolute atomic E-state index is 12.0. The van der Waals surface area contributed by atoms with Crippen LogP contribution in [0.2, 0.25) is 10.0 Å². The molecule has 0 radical (unpaired) electrons. The van der Waals surface area contributed by atoms with Gasteiger partial charge in [0.1, 0.15) is 0 Å². The number of anilines is 2. The number of nitriles is 1. The third-order valence-electron chi connectivity index (χ3n) is 2.99. The lowest BCUT2D eigenvalue weighted by Gasteiger charge is -2.29. The quantitative estimate of drug-likeness (QED) is 0.824. The zero-order valence-corrected chi connectivity index (χ0v) is 12.6. The number of carbonyl (C=O) groups excluding carboxylic acids is 1. The van der Waals surface area contributed by atoms with Crippen LogP contribution in [0.25, 0.3) is 0 Å². The summed E-state index contributed by atoms with van der Waals surface area (Å²) in [5.74, 6) is -0.262. The van der Waals surface area contributed by atoms with E-state index < -0.39 is 6.10 Å². The second-order valence-electron chi connectivity index (χ2n) is 4.63. The van der Waals surface area contributed by atoms with Crippen molar-refractivity contribution in [3.63, 3.8) is 0 Å². The van der Waals surface area contributed by atoms with Crippen LogP contribution in [-0.4, -0.2) is 43.2 Å². The smallest absolute Gasteiger partial charge is 0.238 e. The molecule has 1 aromatic rings. The predicted molar refractivity (Wildman–Crippen MR) is 81.3 cm³/mol. The Bertz CT molecular complexity index is 565. The molecule has 0 spiro atoms. The Labute approximate surface area is 132 Å². The Kier molecular flexibility index (Phi) is 5.26. The van der Waals surface area contributed by atoms with E-state index in [1.54, 1.807) is 0 Å². The van der Waals surface area contributed by atoms with Crippen molar-refractivity contribution in [1.29, 1.82) is 5.26 Å². The van der Waals surface area contributed by atoms with E-state index in [4.69, 9.17) is 38.9 Å². The fraction of sp³-hybridized carbons (Fsp3) is 0.385. The molecule has 0 aromatic heterocycles. The van der Waals surface area contributed by atoms with Crippen LogP contribution in [-0.2, 0) is 9.53 Å². The van der Waals surface area contributed by atoms with E-state index in [9.17, 15) is 4.79 Å². The zero-order valence-electron chi connectivity index (χ0n) is 11.1. The topological polar surface area (TPSA) is 91.4 Å². The number of nitrogens with zero attached hydrogens (tertiary/aromatic N) is 2. The maximum atomic E-state index is 12.0. The molecule has 2 rings (SSSR count). The van der Waals surface area contributed by atoms with E-state index >= 15 is 0 Å². The molecule has 1 amide bonds. The van der Waals surface area contributed by atoms with Crippen molar-refractivity contribution in [3.05, 3.63) is 22.2 Å². The third-order valence-corrected chi connectivity index (χ3v) is 3.59. The van der Waals surface area contributed by atoms with Gasteiger partial charge in [0.05, 0.1) is 35.0 Å². The number of morpholine rings is 1. The van der Waals surface area contributed by atoms with Crippen molar-refractivity contribution in [1.82, 2.24) is 4.90 Å². The van der Waals surface area contributed by atoms with Gasteiger partial charge in [0.15, 0.2) is 6.10 Å². The number of hydrogen-bond donors (Lipinski definition) is 2. The molecule has 8 heteroatoms. The minimum absolute atomic E-state index is 0.137. The van der Waals surface area contributed by atoms with Crippen molar-refractivity contribution in [2.45, 2.75) is 6.10 Å². The first-order valence-electron chi connectivity index (χ1n) is 6.27. The predicted octanol–water partition coefficient (Wildman–Crippen LogP) is 1.74. The molecule has 1 saturated heterocycles. The zero-order chi connectivity index (χ0) is 15.4. The molecule has 1 fully saturated rings. The van der Waals surface area contributed by atoms with Crippen molar-refractivity contribution >= 4 is 40.5 Å². The molecule has 1 aromatic carbocycles. The van der Waals surface area contributed by atoms with E-state index in [0.717, 1.165) is 0 Å². The van der Waals surface area contributed by atoms with Crippen LogP contribution in [0.1, 0.15) is 0 Å². The minimum atomic E-state index is -0.504. The van der Waals surface area contributed by atoms with Gasteiger partial charge in [0, 0.05) is 18.8 Å². The van der Waals surface area contributed by atoms with Crippen molar-refractivity contribution in [3.8, 4) is 6.07 Å². The largest absolute Gasteiger partial charge is 0.399 e. The average molecular weight is 329 g/mol. The SMILES string of the molecule is N#CC1CN(CC(=O)Nc2c(Cl)cc(N)cc2Cl)CCO1. The van der Waals surface area contributed by atoms with Crippen LogP contribution in [0.15, 0.2) is 12.1 Å². The molecule has 1 atom stereocenters. The highest BCUT2D eigenvalue weighted by atomic mass is 35.5. The molecule has 0 saturated carbocycles. The van der Waals surface area contributed by atoms with Gasteiger partial charge in [-0.3, -0.25) is 9.69 Å². The first kappa shape index (κ1) is 15.9. The lowest BCUT2D eigenvalue weighted by molar-refractivity contribution is -0.118. The summed E-state index contributed by atoms with van der Waals surface area (Å²) in [6.45, 7) is 1.55. The first-order chi connectivity index (χ1) is 9.99. The number of carbonyl (C=O) groups is 1. The third kappa shape index (κ3) is 4.22. The Balaban J connectivity index is 1.98. The normalized spacial score (nSPS) is 19.0. The fourth-order valence-corrected chi connectivity index (χ4v) is 2.62. The number of ether oxygens (including phenoxy) is 1. The van der Waals surface area contributed by atoms with Gasteiger partial charge >= 0.3 is 0 Å². The average Bonchev–Trinajstić information content (AvgIpc) is 2.43. The van der Waals surface area contributed by atoms with Gasteiger partial charge in [-0.05, 0) is 12.1 Å². The van der Waals surface area contributed by atoms with Crippen LogP contribution >= 0.6 is 23.2 Å². The first-order valence-corrected chi connectivity index (χ1v) is 7.03. The van der Waals surface area contributed by atoms with Gasteiger partial charge in [0.25, 0.3) is 0 Å². The van der Waals surface area contributed by atoms with Gasteiger partial charge in [-0.15, -0.1) is 0 Å².